The van der Waals surface area contributed by atoms with Crippen LogP contribution < -0.4 is 4.74 Å². The molecule has 0 unspecified atom stereocenters. The van der Waals surface area contributed by atoms with Crippen molar-refractivity contribution in [3.63, 3.8) is 0 Å². The zero-order valence-electron chi connectivity index (χ0n) is 17.7. The summed E-state index contributed by atoms with van der Waals surface area (Å²) in [4.78, 5) is 21.0. The van der Waals surface area contributed by atoms with Crippen LogP contribution in [0.2, 0.25) is 0 Å². The minimum absolute atomic E-state index is 0. The van der Waals surface area contributed by atoms with E-state index in [1.54, 1.807) is 24.3 Å². The second kappa shape index (κ2) is 23.1. The average molecular weight is 517 g/mol. The summed E-state index contributed by atoms with van der Waals surface area (Å²) in [6.45, 7) is 1.33. The Hall–Kier alpha value is -2.62. The maximum atomic E-state index is 10.7. The first-order valence-electron chi connectivity index (χ1n) is 9.30. The third kappa shape index (κ3) is 20.6. The van der Waals surface area contributed by atoms with Gasteiger partial charge in [0.2, 0.25) is 0 Å². The predicted molar refractivity (Wildman–Crippen MR) is 126 cm³/mol. The Labute approximate surface area is 198 Å². The molecule has 32 heavy (non-hydrogen) atoms. The Morgan fingerprint density at radius 2 is 1.25 bits per heavy atom. The van der Waals surface area contributed by atoms with Crippen LogP contribution in [0.25, 0.3) is 0 Å². The lowest BCUT2D eigenvalue weighted by Gasteiger charge is -2.05. The van der Waals surface area contributed by atoms with Crippen LogP contribution in [0.4, 0.5) is 0 Å². The van der Waals surface area contributed by atoms with E-state index in [0.717, 1.165) is 11.1 Å². The molecular weight excluding hydrogens is 484 g/mol. The highest BCUT2D eigenvalue weighted by atomic mass is 79.9. The van der Waals surface area contributed by atoms with E-state index in [0.29, 0.717) is 25.6 Å². The van der Waals surface area contributed by atoms with Gasteiger partial charge in [-0.1, -0.05) is 59.8 Å². The van der Waals surface area contributed by atoms with Gasteiger partial charge in [-0.3, -0.25) is 0 Å². The molecule has 0 aliphatic carbocycles. The van der Waals surface area contributed by atoms with Crippen molar-refractivity contribution in [3.05, 3.63) is 60.7 Å². The number of ether oxygens (including phenoxy) is 5. The first-order valence-corrected chi connectivity index (χ1v) is 10.4. The lowest BCUT2D eigenvalue weighted by atomic mass is 10.3. The number of rotatable bonds is 10. The molecular formula is C23H33BrO8. The Bertz CT molecular complexity index is 683. The normalized spacial score (nSPS) is 8.97. The molecule has 0 aliphatic heterocycles. The maximum Gasteiger partial charge on any atom is 0.331 e. The summed E-state index contributed by atoms with van der Waals surface area (Å²) in [5.74, 6) is 0.396. The van der Waals surface area contributed by atoms with E-state index in [-0.39, 0.29) is 32.6 Å². The first-order chi connectivity index (χ1) is 15.0. The van der Waals surface area contributed by atoms with Crippen LogP contribution in [0.5, 0.6) is 11.5 Å². The van der Waals surface area contributed by atoms with Crippen LogP contribution in [0.3, 0.4) is 0 Å². The number of esters is 2. The first kappa shape index (κ1) is 31.6. The molecule has 0 atom stereocenters. The van der Waals surface area contributed by atoms with Gasteiger partial charge in [0.15, 0.2) is 0 Å². The largest absolute Gasteiger partial charge is 0.508 e. The fourth-order valence-corrected chi connectivity index (χ4v) is 1.88. The van der Waals surface area contributed by atoms with Crippen molar-refractivity contribution in [2.75, 3.05) is 52.6 Å². The van der Waals surface area contributed by atoms with Crippen LogP contribution in [0.1, 0.15) is 7.43 Å². The Kier molecular flexibility index (Phi) is 22.7. The zero-order valence-corrected chi connectivity index (χ0v) is 19.3. The summed E-state index contributed by atoms with van der Waals surface area (Å²) in [5, 5.41) is 9.37. The molecule has 0 saturated heterocycles. The van der Waals surface area contributed by atoms with E-state index in [1.165, 1.54) is 14.2 Å². The number of benzene rings is 2. The van der Waals surface area contributed by atoms with E-state index in [1.807, 2.05) is 36.4 Å². The molecule has 9 heteroatoms. The molecule has 0 aromatic heterocycles. The molecule has 0 heterocycles. The molecule has 2 aromatic carbocycles. The van der Waals surface area contributed by atoms with Gasteiger partial charge < -0.3 is 28.8 Å². The molecule has 1 N–H and O–H groups in total. The Morgan fingerprint density at radius 3 is 1.66 bits per heavy atom. The van der Waals surface area contributed by atoms with Crippen LogP contribution in [0.15, 0.2) is 60.7 Å². The highest BCUT2D eigenvalue weighted by molar-refractivity contribution is 9.09. The number of carbonyl (C=O) groups excluding carboxylic acids is 2. The molecule has 0 amide bonds. The van der Waals surface area contributed by atoms with Crippen molar-refractivity contribution < 1.29 is 38.4 Å². The van der Waals surface area contributed by atoms with Crippen LogP contribution in [-0.2, 0) is 28.5 Å². The van der Waals surface area contributed by atoms with Gasteiger partial charge in [0.05, 0.1) is 27.4 Å². The van der Waals surface area contributed by atoms with Crippen molar-refractivity contribution in [2.45, 2.75) is 7.43 Å². The van der Waals surface area contributed by atoms with Gasteiger partial charge in [0, 0.05) is 5.33 Å². The number of methoxy groups -OCH3 is 2. The number of phenolic OH excluding ortho intramolecular Hbond substituents is 1. The smallest absolute Gasteiger partial charge is 0.331 e. The molecule has 0 fully saturated rings. The minimum atomic E-state index is -0.380. The predicted octanol–water partition coefficient (Wildman–Crippen LogP) is 3.85. The maximum absolute atomic E-state index is 10.7. The van der Waals surface area contributed by atoms with E-state index >= 15 is 0 Å². The van der Waals surface area contributed by atoms with Crippen LogP contribution in [-0.4, -0.2) is 69.6 Å². The molecule has 0 aliphatic rings. The van der Waals surface area contributed by atoms with Crippen LogP contribution >= 0.6 is 15.9 Å². The number of hydrogen-bond acceptors (Lipinski definition) is 8. The highest BCUT2D eigenvalue weighted by Gasteiger charge is 1.99. The minimum Gasteiger partial charge on any atom is -0.508 e. The molecule has 0 bridgehead atoms. The summed E-state index contributed by atoms with van der Waals surface area (Å²) >= 11 is 3.14. The van der Waals surface area contributed by atoms with Crippen LogP contribution in [0, 0.1) is 0 Å². The summed E-state index contributed by atoms with van der Waals surface area (Å²) in [7, 11) is 2.66. The van der Waals surface area contributed by atoms with E-state index in [2.05, 4.69) is 25.4 Å². The summed E-state index contributed by atoms with van der Waals surface area (Å²) in [5.41, 5.74) is 0. The monoisotopic (exact) mass is 516 g/mol. The second-order valence-corrected chi connectivity index (χ2v) is 6.24. The average Bonchev–Trinajstić information content (AvgIpc) is 2.80. The quantitative estimate of drug-likeness (QED) is 0.288. The van der Waals surface area contributed by atoms with Crippen molar-refractivity contribution in [1.82, 2.24) is 0 Å². The van der Waals surface area contributed by atoms with Crippen molar-refractivity contribution in [1.29, 1.82) is 0 Å². The van der Waals surface area contributed by atoms with E-state index < -0.39 is 0 Å². The van der Waals surface area contributed by atoms with Gasteiger partial charge in [0.1, 0.15) is 31.3 Å². The number of aromatic hydroxyl groups is 1. The van der Waals surface area contributed by atoms with Gasteiger partial charge in [-0.05, 0) is 24.3 Å². The number of phenols is 1. The number of hydrogen-bond donors (Lipinski definition) is 1. The molecule has 0 radical (unpaired) electrons. The van der Waals surface area contributed by atoms with E-state index in [4.69, 9.17) is 19.3 Å². The van der Waals surface area contributed by atoms with Gasteiger partial charge in [-0.15, -0.1) is 0 Å². The number of carbonyl (C=O) groups is 2. The zero-order chi connectivity index (χ0) is 23.2. The fourth-order valence-electron chi connectivity index (χ4n) is 1.65. The Morgan fingerprint density at radius 1 is 0.781 bits per heavy atom. The van der Waals surface area contributed by atoms with E-state index in [9.17, 15) is 9.59 Å². The standard InChI is InChI=1S/C11H14O4.C6H6O.C5H9BrO3.CH4/c1-13-11(12)9-14-7-8-15-10-5-3-2-4-6-10;7-6-4-2-1-3-5-6;1-8-5(7)4-9-3-2-6;/h2-6H,7-9H2,1H3;1-5,7H;2-4H2,1H3;1H4. The van der Waals surface area contributed by atoms with Crippen molar-refractivity contribution >= 4 is 27.9 Å². The topological polar surface area (TPSA) is 101 Å². The van der Waals surface area contributed by atoms with Crippen molar-refractivity contribution in [3.8, 4) is 11.5 Å². The third-order valence-corrected chi connectivity index (χ3v) is 3.44. The highest BCUT2D eigenvalue weighted by Crippen LogP contribution is 2.07. The fraction of sp³-hybridized carbons (Fsp3) is 0.391. The number of halogens is 1. The lowest BCUT2D eigenvalue weighted by molar-refractivity contribution is -0.146. The Balaban J connectivity index is 0. The van der Waals surface area contributed by atoms with Gasteiger partial charge in [-0.25, -0.2) is 9.59 Å². The van der Waals surface area contributed by atoms with Gasteiger partial charge >= 0.3 is 11.9 Å². The summed E-state index contributed by atoms with van der Waals surface area (Å²) in [6.07, 6.45) is 0. The summed E-state index contributed by atoms with van der Waals surface area (Å²) < 4.78 is 23.9. The molecule has 0 saturated carbocycles. The molecule has 0 spiro atoms. The SMILES string of the molecule is C.COC(=O)COCCBr.COC(=O)COCCOc1ccccc1.Oc1ccccc1. The van der Waals surface area contributed by atoms with Gasteiger partial charge in [0.25, 0.3) is 0 Å². The third-order valence-electron chi connectivity index (χ3n) is 3.11. The summed E-state index contributed by atoms with van der Waals surface area (Å²) in [6, 6.07) is 18.1. The van der Waals surface area contributed by atoms with Crippen molar-refractivity contribution in [2.24, 2.45) is 0 Å². The lowest BCUT2D eigenvalue weighted by Crippen LogP contribution is -2.14. The number of alkyl halides is 1. The molecule has 8 nitrogen and oxygen atoms in total. The van der Waals surface area contributed by atoms with Gasteiger partial charge in [-0.2, -0.15) is 0 Å². The molecule has 2 aromatic rings. The molecule has 2 rings (SSSR count). The molecule has 180 valence electrons. The second-order valence-electron chi connectivity index (χ2n) is 5.44. The number of para-hydroxylation sites is 2.